The lowest BCUT2D eigenvalue weighted by molar-refractivity contribution is -0.405. The Labute approximate surface area is 126 Å². The van der Waals surface area contributed by atoms with E-state index >= 15 is 0 Å². The van der Waals surface area contributed by atoms with Crippen molar-refractivity contribution in [2.75, 3.05) is 13.6 Å². The first-order chi connectivity index (χ1) is 9.85. The molecule has 8 nitrogen and oxygen atoms in total. The van der Waals surface area contributed by atoms with Gasteiger partial charge >= 0.3 is 6.09 Å². The maximum absolute atomic E-state index is 11.0. The van der Waals surface area contributed by atoms with Gasteiger partial charge in [-0.3, -0.25) is 15.0 Å². The Hall–Kier alpha value is -2.35. The van der Waals surface area contributed by atoms with Crippen LogP contribution >= 0.6 is 11.6 Å². The van der Waals surface area contributed by atoms with Crippen LogP contribution in [-0.4, -0.2) is 44.5 Å². The van der Waals surface area contributed by atoms with Gasteiger partial charge in [0, 0.05) is 26.3 Å². The quantitative estimate of drug-likeness (QED) is 0.491. The molecule has 0 saturated carbocycles. The SMILES string of the molecule is CCN(Cc1ccc(Cl)nc1)C(=C[N+](=O)[O-])N(C)C(=O)O. The molecular formula is C12H15ClN4O4. The van der Waals surface area contributed by atoms with Gasteiger partial charge in [-0.05, 0) is 18.6 Å². The van der Waals surface area contributed by atoms with Gasteiger partial charge in [-0.1, -0.05) is 17.7 Å². The minimum absolute atomic E-state index is 0.0232. The van der Waals surface area contributed by atoms with E-state index in [1.54, 1.807) is 24.0 Å². The van der Waals surface area contributed by atoms with Crippen LogP contribution in [0.2, 0.25) is 5.15 Å². The molecular weight excluding hydrogens is 300 g/mol. The highest BCUT2D eigenvalue weighted by atomic mass is 35.5. The number of rotatable bonds is 6. The molecule has 0 aliphatic rings. The van der Waals surface area contributed by atoms with Crippen molar-refractivity contribution in [3.63, 3.8) is 0 Å². The highest BCUT2D eigenvalue weighted by Gasteiger charge is 2.21. The molecule has 114 valence electrons. The third kappa shape index (κ3) is 4.92. The van der Waals surface area contributed by atoms with Crippen LogP contribution in [0.4, 0.5) is 4.79 Å². The zero-order valence-electron chi connectivity index (χ0n) is 11.6. The van der Waals surface area contributed by atoms with E-state index in [0.717, 1.165) is 10.5 Å². The Bertz CT molecular complexity index is 547. The largest absolute Gasteiger partial charge is 0.465 e. The van der Waals surface area contributed by atoms with E-state index in [1.807, 2.05) is 0 Å². The number of pyridine rings is 1. The van der Waals surface area contributed by atoms with Crippen LogP contribution in [0.3, 0.4) is 0 Å². The molecule has 9 heteroatoms. The standard InChI is InChI=1S/C12H15ClN4O4/c1-3-16(7-9-4-5-10(13)14-6-9)11(8-17(20)21)15(2)12(18)19/h4-6,8H,3,7H2,1-2H3,(H,18,19). The van der Waals surface area contributed by atoms with E-state index in [4.69, 9.17) is 16.7 Å². The van der Waals surface area contributed by atoms with Crippen molar-refractivity contribution in [3.05, 3.63) is 51.2 Å². The van der Waals surface area contributed by atoms with E-state index < -0.39 is 11.0 Å². The van der Waals surface area contributed by atoms with Crippen molar-refractivity contribution in [1.82, 2.24) is 14.8 Å². The third-order valence-electron chi connectivity index (χ3n) is 2.72. The summed E-state index contributed by atoms with van der Waals surface area (Å²) in [6, 6.07) is 3.32. The molecule has 0 fully saturated rings. The molecule has 1 heterocycles. The molecule has 1 rings (SSSR count). The lowest BCUT2D eigenvalue weighted by Crippen LogP contribution is -2.36. The summed E-state index contributed by atoms with van der Waals surface area (Å²) in [5, 5.41) is 20.1. The van der Waals surface area contributed by atoms with Gasteiger partial charge in [-0.15, -0.1) is 0 Å². The summed E-state index contributed by atoms with van der Waals surface area (Å²) in [4.78, 5) is 27.4. The summed E-state index contributed by atoms with van der Waals surface area (Å²) >= 11 is 5.69. The number of hydrogen-bond acceptors (Lipinski definition) is 5. The summed E-state index contributed by atoms with van der Waals surface area (Å²) < 4.78 is 0. The van der Waals surface area contributed by atoms with Gasteiger partial charge in [0.05, 0.1) is 4.92 Å². The molecule has 0 unspecified atom stereocenters. The minimum atomic E-state index is -1.28. The van der Waals surface area contributed by atoms with Gasteiger partial charge in [0.25, 0.3) is 6.20 Å². The molecule has 0 radical (unpaired) electrons. The number of halogens is 1. The lowest BCUT2D eigenvalue weighted by Gasteiger charge is -2.28. The highest BCUT2D eigenvalue weighted by molar-refractivity contribution is 6.29. The Kier molecular flexibility index (Phi) is 5.92. The number of aromatic nitrogens is 1. The second-order valence-corrected chi connectivity index (χ2v) is 4.50. The van der Waals surface area contributed by atoms with Gasteiger partial charge in [0.15, 0.2) is 5.82 Å². The van der Waals surface area contributed by atoms with Crippen LogP contribution < -0.4 is 0 Å². The van der Waals surface area contributed by atoms with E-state index in [0.29, 0.717) is 17.9 Å². The number of nitro groups is 1. The molecule has 0 aromatic carbocycles. The Morgan fingerprint density at radius 2 is 2.24 bits per heavy atom. The number of hydrogen-bond donors (Lipinski definition) is 1. The second-order valence-electron chi connectivity index (χ2n) is 4.12. The first kappa shape index (κ1) is 16.7. The van der Waals surface area contributed by atoms with Crippen molar-refractivity contribution >= 4 is 17.7 Å². The van der Waals surface area contributed by atoms with Crippen LogP contribution in [0.15, 0.2) is 30.4 Å². The topological polar surface area (TPSA) is 99.8 Å². The Morgan fingerprint density at radius 3 is 2.67 bits per heavy atom. The summed E-state index contributed by atoms with van der Waals surface area (Å²) in [5.41, 5.74) is 0.759. The van der Waals surface area contributed by atoms with Crippen LogP contribution in [-0.2, 0) is 6.54 Å². The van der Waals surface area contributed by atoms with Gasteiger partial charge in [-0.2, -0.15) is 0 Å². The van der Waals surface area contributed by atoms with Gasteiger partial charge in [0.1, 0.15) is 5.15 Å². The number of nitrogens with zero attached hydrogens (tertiary/aromatic N) is 4. The maximum Gasteiger partial charge on any atom is 0.412 e. The van der Waals surface area contributed by atoms with Crippen molar-refractivity contribution in [3.8, 4) is 0 Å². The first-order valence-electron chi connectivity index (χ1n) is 6.02. The summed E-state index contributed by atoms with van der Waals surface area (Å²) in [7, 11) is 1.25. The fraction of sp³-hybridized carbons (Fsp3) is 0.333. The first-order valence-corrected chi connectivity index (χ1v) is 6.40. The smallest absolute Gasteiger partial charge is 0.412 e. The Morgan fingerprint density at radius 1 is 1.57 bits per heavy atom. The number of carboxylic acid groups (broad SMARTS) is 1. The molecule has 0 atom stereocenters. The van der Waals surface area contributed by atoms with Crippen molar-refractivity contribution in [2.24, 2.45) is 0 Å². The molecule has 1 amide bonds. The molecule has 0 bridgehead atoms. The normalized spacial score (nSPS) is 11.1. The predicted molar refractivity (Wildman–Crippen MR) is 76.2 cm³/mol. The zero-order valence-corrected chi connectivity index (χ0v) is 12.3. The second kappa shape index (κ2) is 7.44. The minimum Gasteiger partial charge on any atom is -0.465 e. The Balaban J connectivity index is 3.04. The zero-order chi connectivity index (χ0) is 16.0. The van der Waals surface area contributed by atoms with E-state index in [2.05, 4.69) is 4.98 Å². The van der Waals surface area contributed by atoms with Gasteiger partial charge < -0.3 is 10.0 Å². The average Bonchev–Trinajstić information content (AvgIpc) is 2.43. The van der Waals surface area contributed by atoms with Crippen LogP contribution in [0, 0.1) is 10.1 Å². The molecule has 1 aromatic heterocycles. The van der Waals surface area contributed by atoms with Crippen LogP contribution in [0.5, 0.6) is 0 Å². The summed E-state index contributed by atoms with van der Waals surface area (Å²) in [6.45, 7) is 2.44. The fourth-order valence-corrected chi connectivity index (χ4v) is 1.76. The highest BCUT2D eigenvalue weighted by Crippen LogP contribution is 2.15. The van der Waals surface area contributed by atoms with E-state index in [1.165, 1.54) is 13.2 Å². The molecule has 0 aliphatic heterocycles. The monoisotopic (exact) mass is 314 g/mol. The number of carbonyl (C=O) groups is 1. The predicted octanol–water partition coefficient (Wildman–Crippen LogP) is 2.24. The van der Waals surface area contributed by atoms with E-state index in [-0.39, 0.29) is 12.4 Å². The lowest BCUT2D eigenvalue weighted by atomic mass is 10.2. The van der Waals surface area contributed by atoms with Gasteiger partial charge in [-0.25, -0.2) is 9.78 Å². The summed E-state index contributed by atoms with van der Waals surface area (Å²) in [5.74, 6) is -0.0232. The van der Waals surface area contributed by atoms with Crippen LogP contribution in [0.25, 0.3) is 0 Å². The average molecular weight is 315 g/mol. The molecule has 0 spiro atoms. The molecule has 1 aromatic rings. The molecule has 21 heavy (non-hydrogen) atoms. The maximum atomic E-state index is 11.0. The van der Waals surface area contributed by atoms with Crippen molar-refractivity contribution < 1.29 is 14.8 Å². The van der Waals surface area contributed by atoms with Crippen molar-refractivity contribution in [1.29, 1.82) is 0 Å². The molecule has 1 N–H and O–H groups in total. The number of amides is 1. The molecule has 0 saturated heterocycles. The van der Waals surface area contributed by atoms with Crippen molar-refractivity contribution in [2.45, 2.75) is 13.5 Å². The van der Waals surface area contributed by atoms with Crippen LogP contribution in [0.1, 0.15) is 12.5 Å². The molecule has 0 aliphatic carbocycles. The van der Waals surface area contributed by atoms with E-state index in [9.17, 15) is 14.9 Å². The fourth-order valence-electron chi connectivity index (χ4n) is 1.65. The summed E-state index contributed by atoms with van der Waals surface area (Å²) in [6.07, 6.45) is 0.923. The third-order valence-corrected chi connectivity index (χ3v) is 2.94. The van der Waals surface area contributed by atoms with Gasteiger partial charge in [0.2, 0.25) is 0 Å².